The van der Waals surface area contributed by atoms with E-state index in [0.29, 0.717) is 23.7 Å². The van der Waals surface area contributed by atoms with Crippen molar-refractivity contribution >= 4 is 11.7 Å². The lowest BCUT2D eigenvalue weighted by Gasteiger charge is -2.11. The van der Waals surface area contributed by atoms with E-state index < -0.39 is 5.97 Å². The third-order valence-electron chi connectivity index (χ3n) is 2.57. The summed E-state index contributed by atoms with van der Waals surface area (Å²) in [5.74, 6) is 0.363. The summed E-state index contributed by atoms with van der Waals surface area (Å²) in [5, 5.41) is 12.1. The van der Waals surface area contributed by atoms with Crippen molar-refractivity contribution in [3.8, 4) is 11.5 Å². The molecule has 2 rings (SSSR count). The first-order valence-electron chi connectivity index (χ1n) is 6.05. The molecule has 0 saturated heterocycles. The molecular weight excluding hydrogens is 242 g/mol. The Morgan fingerprint density at radius 3 is 2.53 bits per heavy atom. The highest BCUT2D eigenvalue weighted by Gasteiger charge is 2.10. The first kappa shape index (κ1) is 13.0. The van der Waals surface area contributed by atoms with Crippen molar-refractivity contribution in [2.24, 2.45) is 0 Å². The molecule has 0 aliphatic carbocycles. The van der Waals surface area contributed by atoms with Crippen molar-refractivity contribution in [1.82, 2.24) is 0 Å². The Bertz CT molecular complexity index is 567. The summed E-state index contributed by atoms with van der Waals surface area (Å²) in [6.45, 7) is 2.56. The number of ether oxygens (including phenoxy) is 1. The van der Waals surface area contributed by atoms with Gasteiger partial charge in [-0.05, 0) is 31.2 Å². The highest BCUT2D eigenvalue weighted by Crippen LogP contribution is 2.26. The van der Waals surface area contributed by atoms with Crippen LogP contribution in [0.1, 0.15) is 17.3 Å². The van der Waals surface area contributed by atoms with Crippen LogP contribution in [0.4, 0.5) is 5.69 Å². The monoisotopic (exact) mass is 257 g/mol. The van der Waals surface area contributed by atoms with E-state index in [1.54, 1.807) is 18.2 Å². The molecule has 0 aromatic heterocycles. The van der Waals surface area contributed by atoms with Gasteiger partial charge in [0.2, 0.25) is 0 Å². The predicted octanol–water partition coefficient (Wildman–Crippen LogP) is 3.61. The van der Waals surface area contributed by atoms with Crippen molar-refractivity contribution in [3.05, 3.63) is 54.1 Å². The van der Waals surface area contributed by atoms with Crippen molar-refractivity contribution in [1.29, 1.82) is 0 Å². The Labute approximate surface area is 111 Å². The quantitative estimate of drug-likeness (QED) is 0.859. The van der Waals surface area contributed by atoms with Gasteiger partial charge in [0.25, 0.3) is 0 Å². The molecule has 0 aliphatic heterocycles. The van der Waals surface area contributed by atoms with Crippen LogP contribution in [-0.4, -0.2) is 17.6 Å². The van der Waals surface area contributed by atoms with Gasteiger partial charge in [0, 0.05) is 12.6 Å². The van der Waals surface area contributed by atoms with Crippen LogP contribution >= 0.6 is 0 Å². The van der Waals surface area contributed by atoms with Gasteiger partial charge in [-0.15, -0.1) is 0 Å². The summed E-state index contributed by atoms with van der Waals surface area (Å²) >= 11 is 0. The van der Waals surface area contributed by atoms with Crippen LogP contribution in [0.15, 0.2) is 48.5 Å². The fraction of sp³-hybridized carbons (Fsp3) is 0.133. The Morgan fingerprint density at radius 1 is 1.16 bits per heavy atom. The SMILES string of the molecule is CCNc1cc(Oc2ccccc2)ccc1C(=O)O. The fourth-order valence-electron chi connectivity index (χ4n) is 1.73. The summed E-state index contributed by atoms with van der Waals surface area (Å²) < 4.78 is 5.67. The van der Waals surface area contributed by atoms with E-state index in [2.05, 4.69) is 5.32 Å². The Kier molecular flexibility index (Phi) is 4.03. The van der Waals surface area contributed by atoms with Crippen LogP contribution in [0, 0.1) is 0 Å². The number of rotatable bonds is 5. The smallest absolute Gasteiger partial charge is 0.337 e. The summed E-state index contributed by atoms with van der Waals surface area (Å²) in [7, 11) is 0. The molecule has 0 bridgehead atoms. The number of nitrogens with one attached hydrogen (secondary N) is 1. The average molecular weight is 257 g/mol. The zero-order valence-electron chi connectivity index (χ0n) is 10.6. The van der Waals surface area contributed by atoms with Gasteiger partial charge in [-0.25, -0.2) is 4.79 Å². The molecule has 2 N–H and O–H groups in total. The van der Waals surface area contributed by atoms with Gasteiger partial charge in [0.15, 0.2) is 0 Å². The maximum absolute atomic E-state index is 11.1. The summed E-state index contributed by atoms with van der Waals surface area (Å²) in [4.78, 5) is 11.1. The van der Waals surface area contributed by atoms with Crippen LogP contribution in [-0.2, 0) is 0 Å². The third-order valence-corrected chi connectivity index (χ3v) is 2.57. The summed E-state index contributed by atoms with van der Waals surface area (Å²) in [6, 6.07) is 14.2. The summed E-state index contributed by atoms with van der Waals surface area (Å²) in [6.07, 6.45) is 0. The van der Waals surface area contributed by atoms with E-state index in [0.717, 1.165) is 0 Å². The number of hydrogen-bond donors (Lipinski definition) is 2. The second kappa shape index (κ2) is 5.91. The highest BCUT2D eigenvalue weighted by molar-refractivity contribution is 5.94. The topological polar surface area (TPSA) is 58.6 Å². The Morgan fingerprint density at radius 2 is 1.89 bits per heavy atom. The van der Waals surface area contributed by atoms with Crippen LogP contribution in [0.2, 0.25) is 0 Å². The number of para-hydroxylation sites is 1. The number of carboxylic acids is 1. The van der Waals surface area contributed by atoms with E-state index in [-0.39, 0.29) is 5.56 Å². The molecular formula is C15H15NO3. The van der Waals surface area contributed by atoms with Gasteiger partial charge < -0.3 is 15.2 Å². The van der Waals surface area contributed by atoms with Crippen molar-refractivity contribution in [2.45, 2.75) is 6.92 Å². The lowest BCUT2D eigenvalue weighted by atomic mass is 10.1. The predicted molar refractivity (Wildman–Crippen MR) is 74.1 cm³/mol. The molecule has 0 radical (unpaired) electrons. The largest absolute Gasteiger partial charge is 0.478 e. The van der Waals surface area contributed by atoms with Crippen molar-refractivity contribution < 1.29 is 14.6 Å². The first-order chi connectivity index (χ1) is 9.20. The maximum Gasteiger partial charge on any atom is 0.337 e. The van der Waals surface area contributed by atoms with Gasteiger partial charge >= 0.3 is 5.97 Å². The van der Waals surface area contributed by atoms with E-state index in [9.17, 15) is 4.79 Å². The first-order valence-corrected chi connectivity index (χ1v) is 6.05. The zero-order valence-corrected chi connectivity index (χ0v) is 10.6. The van der Waals surface area contributed by atoms with Crippen molar-refractivity contribution in [3.63, 3.8) is 0 Å². The minimum Gasteiger partial charge on any atom is -0.478 e. The standard InChI is InChI=1S/C15H15NO3/c1-2-16-14-10-12(8-9-13(14)15(17)18)19-11-6-4-3-5-7-11/h3-10,16H,2H2,1H3,(H,17,18). The molecule has 0 spiro atoms. The number of hydrogen-bond acceptors (Lipinski definition) is 3. The Hall–Kier alpha value is -2.49. The van der Waals surface area contributed by atoms with Crippen LogP contribution < -0.4 is 10.1 Å². The minimum atomic E-state index is -0.956. The lowest BCUT2D eigenvalue weighted by molar-refractivity contribution is 0.0698. The van der Waals surface area contributed by atoms with Gasteiger partial charge in [-0.3, -0.25) is 0 Å². The molecule has 0 atom stereocenters. The van der Waals surface area contributed by atoms with Crippen LogP contribution in [0.5, 0.6) is 11.5 Å². The molecule has 19 heavy (non-hydrogen) atoms. The molecule has 0 fully saturated rings. The average Bonchev–Trinajstić information content (AvgIpc) is 2.40. The van der Waals surface area contributed by atoms with E-state index in [4.69, 9.17) is 9.84 Å². The lowest BCUT2D eigenvalue weighted by Crippen LogP contribution is -2.05. The second-order valence-electron chi connectivity index (χ2n) is 3.96. The number of anilines is 1. The molecule has 4 nitrogen and oxygen atoms in total. The molecule has 0 saturated carbocycles. The number of carbonyl (C=O) groups is 1. The molecule has 0 aliphatic rings. The molecule has 0 amide bonds. The fourth-order valence-corrected chi connectivity index (χ4v) is 1.73. The molecule has 4 heteroatoms. The highest BCUT2D eigenvalue weighted by atomic mass is 16.5. The second-order valence-corrected chi connectivity index (χ2v) is 3.96. The molecule has 0 heterocycles. The van der Waals surface area contributed by atoms with E-state index in [1.807, 2.05) is 37.3 Å². The van der Waals surface area contributed by atoms with Gasteiger partial charge in [-0.2, -0.15) is 0 Å². The van der Waals surface area contributed by atoms with Gasteiger partial charge in [-0.1, -0.05) is 18.2 Å². The van der Waals surface area contributed by atoms with E-state index >= 15 is 0 Å². The third kappa shape index (κ3) is 3.25. The molecule has 2 aromatic carbocycles. The van der Waals surface area contributed by atoms with Crippen LogP contribution in [0.3, 0.4) is 0 Å². The van der Waals surface area contributed by atoms with E-state index in [1.165, 1.54) is 0 Å². The molecule has 0 unspecified atom stereocenters. The van der Waals surface area contributed by atoms with Gasteiger partial charge in [0.1, 0.15) is 11.5 Å². The number of carboxylic acid groups (broad SMARTS) is 1. The van der Waals surface area contributed by atoms with Gasteiger partial charge in [0.05, 0.1) is 11.3 Å². The number of aromatic carboxylic acids is 1. The Balaban J connectivity index is 2.27. The molecule has 98 valence electrons. The molecule has 2 aromatic rings. The zero-order chi connectivity index (χ0) is 13.7. The van der Waals surface area contributed by atoms with Crippen LogP contribution in [0.25, 0.3) is 0 Å². The number of benzene rings is 2. The minimum absolute atomic E-state index is 0.238. The van der Waals surface area contributed by atoms with Crippen molar-refractivity contribution in [2.75, 3.05) is 11.9 Å². The summed E-state index contributed by atoms with van der Waals surface area (Å²) in [5.41, 5.74) is 0.797. The normalized spacial score (nSPS) is 9.95. The maximum atomic E-state index is 11.1.